The topological polar surface area (TPSA) is 88.2 Å². The molecule has 8 heteroatoms. The largest absolute Gasteiger partial charge is 0.351 e. The molecule has 1 amide bonds. The highest BCUT2D eigenvalue weighted by atomic mass is 32.2. The Kier molecular flexibility index (Phi) is 6.12. The van der Waals surface area contributed by atoms with E-state index >= 15 is 0 Å². The third kappa shape index (κ3) is 4.76. The molecule has 0 aliphatic heterocycles. The van der Waals surface area contributed by atoms with Gasteiger partial charge in [-0.15, -0.1) is 11.3 Å². The summed E-state index contributed by atoms with van der Waals surface area (Å²) in [6, 6.07) is 13.4. The Labute approximate surface area is 169 Å². The number of benzene rings is 2. The average Bonchev–Trinajstić information content (AvgIpc) is 3.04. The van der Waals surface area contributed by atoms with Crippen molar-refractivity contribution in [1.29, 1.82) is 0 Å². The van der Waals surface area contributed by atoms with Gasteiger partial charge in [-0.05, 0) is 36.6 Å². The number of rotatable bonds is 7. The van der Waals surface area contributed by atoms with Gasteiger partial charge >= 0.3 is 0 Å². The van der Waals surface area contributed by atoms with Gasteiger partial charge in [0.2, 0.25) is 15.9 Å². The molecule has 148 valence electrons. The van der Waals surface area contributed by atoms with Crippen molar-refractivity contribution in [3.8, 4) is 0 Å². The second kappa shape index (κ2) is 8.38. The lowest BCUT2D eigenvalue weighted by Crippen LogP contribution is -2.49. The number of aromatic nitrogens is 1. The van der Waals surface area contributed by atoms with Gasteiger partial charge in [-0.1, -0.05) is 44.2 Å². The van der Waals surface area contributed by atoms with Crippen molar-refractivity contribution >= 4 is 37.5 Å². The van der Waals surface area contributed by atoms with Gasteiger partial charge < -0.3 is 5.32 Å². The molecule has 1 atom stereocenters. The minimum absolute atomic E-state index is 0.130. The van der Waals surface area contributed by atoms with Crippen LogP contribution in [-0.2, 0) is 21.4 Å². The van der Waals surface area contributed by atoms with Crippen LogP contribution in [0.1, 0.15) is 24.4 Å². The Hall–Kier alpha value is -2.29. The standard InChI is InChI=1S/C20H23N3O3S2/c1-13(2)19(20(24)21-12-15-7-5-4-6-8-15)23-28(25,26)16-9-10-17-18(11-16)27-14(3)22-17/h4-11,13,19,23H,12H2,1-3H3,(H,21,24)/t19-/m0/s1. The van der Waals surface area contributed by atoms with Crippen LogP contribution in [-0.4, -0.2) is 25.4 Å². The highest BCUT2D eigenvalue weighted by molar-refractivity contribution is 7.89. The SMILES string of the molecule is Cc1nc2ccc(S(=O)(=O)N[C@H](C(=O)NCc3ccccc3)C(C)C)cc2s1. The molecule has 3 aromatic rings. The maximum Gasteiger partial charge on any atom is 0.241 e. The lowest BCUT2D eigenvalue weighted by Gasteiger charge is -2.21. The molecule has 1 heterocycles. The van der Waals surface area contributed by atoms with Gasteiger partial charge in [-0.3, -0.25) is 4.79 Å². The van der Waals surface area contributed by atoms with Gasteiger partial charge in [0.25, 0.3) is 0 Å². The van der Waals surface area contributed by atoms with Crippen LogP contribution < -0.4 is 10.0 Å². The number of sulfonamides is 1. The lowest BCUT2D eigenvalue weighted by atomic mass is 10.0. The number of fused-ring (bicyclic) bond motifs is 1. The number of aryl methyl sites for hydroxylation is 1. The lowest BCUT2D eigenvalue weighted by molar-refractivity contribution is -0.123. The maximum absolute atomic E-state index is 12.9. The zero-order valence-electron chi connectivity index (χ0n) is 16.0. The average molecular weight is 418 g/mol. The van der Waals surface area contributed by atoms with Crippen LogP contribution in [0.2, 0.25) is 0 Å². The summed E-state index contributed by atoms with van der Waals surface area (Å²) in [5.41, 5.74) is 1.72. The van der Waals surface area contributed by atoms with Crippen LogP contribution >= 0.6 is 11.3 Å². The minimum atomic E-state index is -3.85. The monoisotopic (exact) mass is 417 g/mol. The van der Waals surface area contributed by atoms with Crippen molar-refractivity contribution in [1.82, 2.24) is 15.0 Å². The fourth-order valence-electron chi connectivity index (χ4n) is 2.81. The highest BCUT2D eigenvalue weighted by Gasteiger charge is 2.28. The molecule has 0 saturated heterocycles. The summed E-state index contributed by atoms with van der Waals surface area (Å²) in [6.45, 7) is 5.84. The first kappa shape index (κ1) is 20.4. The van der Waals surface area contributed by atoms with Gasteiger partial charge in [0, 0.05) is 6.54 Å². The molecule has 0 saturated carbocycles. The van der Waals surface area contributed by atoms with E-state index < -0.39 is 16.1 Å². The molecule has 0 fully saturated rings. The summed E-state index contributed by atoms with van der Waals surface area (Å²) in [5, 5.41) is 3.69. The molecule has 0 radical (unpaired) electrons. The van der Waals surface area contributed by atoms with Gasteiger partial charge in [0.1, 0.15) is 6.04 Å². The van der Waals surface area contributed by atoms with E-state index in [1.807, 2.05) is 51.1 Å². The van der Waals surface area contributed by atoms with E-state index in [2.05, 4.69) is 15.0 Å². The smallest absolute Gasteiger partial charge is 0.241 e. The third-order valence-corrected chi connectivity index (χ3v) is 6.69. The van der Waals surface area contributed by atoms with E-state index in [1.54, 1.807) is 12.1 Å². The number of carbonyl (C=O) groups excluding carboxylic acids is 1. The number of carbonyl (C=O) groups is 1. The van der Waals surface area contributed by atoms with E-state index in [-0.39, 0.29) is 16.7 Å². The normalized spacial score (nSPS) is 13.0. The Morgan fingerprint density at radius 3 is 2.54 bits per heavy atom. The molecule has 6 nitrogen and oxygen atoms in total. The molecule has 0 spiro atoms. The van der Waals surface area contributed by atoms with E-state index in [0.29, 0.717) is 6.54 Å². The molecular formula is C20H23N3O3S2. The van der Waals surface area contributed by atoms with Gasteiger partial charge in [-0.25, -0.2) is 13.4 Å². The molecule has 2 N–H and O–H groups in total. The summed E-state index contributed by atoms with van der Waals surface area (Å²) in [4.78, 5) is 17.1. The fourth-order valence-corrected chi connectivity index (χ4v) is 5.12. The summed E-state index contributed by atoms with van der Waals surface area (Å²) in [5.74, 6) is -0.558. The molecule has 0 unspecified atom stereocenters. The number of amides is 1. The summed E-state index contributed by atoms with van der Waals surface area (Å²) in [7, 11) is -3.85. The van der Waals surface area contributed by atoms with Gasteiger partial charge in [0.15, 0.2) is 0 Å². The summed E-state index contributed by atoms with van der Waals surface area (Å²) >= 11 is 1.44. The van der Waals surface area contributed by atoms with Gasteiger partial charge in [-0.2, -0.15) is 4.72 Å². The molecule has 1 aromatic heterocycles. The number of hydrogen-bond acceptors (Lipinski definition) is 5. The van der Waals surface area contributed by atoms with Gasteiger partial charge in [0.05, 0.1) is 20.1 Å². The van der Waals surface area contributed by atoms with Crippen LogP contribution in [0.5, 0.6) is 0 Å². The summed E-state index contributed by atoms with van der Waals surface area (Å²) < 4.78 is 29.1. The Balaban J connectivity index is 1.76. The second-order valence-electron chi connectivity index (χ2n) is 6.91. The van der Waals surface area contributed by atoms with Crippen molar-refractivity contribution in [2.75, 3.05) is 0 Å². The first-order valence-corrected chi connectivity index (χ1v) is 11.3. The minimum Gasteiger partial charge on any atom is -0.351 e. The Morgan fingerprint density at radius 1 is 1.14 bits per heavy atom. The number of nitrogens with one attached hydrogen (secondary N) is 2. The Bertz CT molecular complexity index is 1080. The molecule has 0 bridgehead atoms. The molecule has 2 aromatic carbocycles. The predicted molar refractivity (Wildman–Crippen MR) is 112 cm³/mol. The van der Waals surface area contributed by atoms with E-state index in [4.69, 9.17) is 0 Å². The molecule has 28 heavy (non-hydrogen) atoms. The highest BCUT2D eigenvalue weighted by Crippen LogP contribution is 2.25. The van der Waals surface area contributed by atoms with Crippen LogP contribution in [0.3, 0.4) is 0 Å². The van der Waals surface area contributed by atoms with Crippen molar-refractivity contribution in [3.05, 3.63) is 59.1 Å². The summed E-state index contributed by atoms with van der Waals surface area (Å²) in [6.07, 6.45) is 0. The van der Waals surface area contributed by atoms with E-state index in [9.17, 15) is 13.2 Å². The van der Waals surface area contributed by atoms with E-state index in [0.717, 1.165) is 20.8 Å². The zero-order chi connectivity index (χ0) is 20.3. The molecule has 0 aliphatic carbocycles. The number of nitrogens with zero attached hydrogens (tertiary/aromatic N) is 1. The van der Waals surface area contributed by atoms with Crippen molar-refractivity contribution in [2.24, 2.45) is 5.92 Å². The van der Waals surface area contributed by atoms with Crippen molar-refractivity contribution in [3.63, 3.8) is 0 Å². The molecule has 0 aliphatic rings. The molecule has 3 rings (SSSR count). The predicted octanol–water partition coefficient (Wildman–Crippen LogP) is 3.22. The number of hydrogen-bond donors (Lipinski definition) is 2. The Morgan fingerprint density at radius 2 is 1.86 bits per heavy atom. The maximum atomic E-state index is 12.9. The quantitative estimate of drug-likeness (QED) is 0.618. The molecular weight excluding hydrogens is 394 g/mol. The first-order valence-electron chi connectivity index (χ1n) is 8.97. The second-order valence-corrected chi connectivity index (χ2v) is 9.86. The van der Waals surface area contributed by atoms with Crippen LogP contribution in [0.4, 0.5) is 0 Å². The van der Waals surface area contributed by atoms with Crippen LogP contribution in [0.25, 0.3) is 10.2 Å². The number of thiazole rings is 1. The van der Waals surface area contributed by atoms with Crippen LogP contribution in [0, 0.1) is 12.8 Å². The zero-order valence-corrected chi connectivity index (χ0v) is 17.6. The first-order chi connectivity index (χ1) is 13.3. The van der Waals surface area contributed by atoms with E-state index in [1.165, 1.54) is 17.4 Å². The third-order valence-electron chi connectivity index (χ3n) is 4.32. The fraction of sp³-hybridized carbons (Fsp3) is 0.300. The van der Waals surface area contributed by atoms with Crippen molar-refractivity contribution < 1.29 is 13.2 Å². The van der Waals surface area contributed by atoms with Crippen LogP contribution in [0.15, 0.2) is 53.4 Å². The van der Waals surface area contributed by atoms with Crippen molar-refractivity contribution in [2.45, 2.75) is 38.3 Å².